The monoisotopic (exact) mass is 490 g/mol. The molecule has 1 heterocycles. The number of nitrogens with one attached hydrogen (secondary N) is 2. The van der Waals surface area contributed by atoms with Gasteiger partial charge in [0.05, 0.1) is 18.5 Å². The molecule has 3 aromatic rings. The molecule has 0 radical (unpaired) electrons. The summed E-state index contributed by atoms with van der Waals surface area (Å²) in [5.74, 6) is -1.98. The van der Waals surface area contributed by atoms with Crippen molar-refractivity contribution in [2.75, 3.05) is 13.2 Å². The van der Waals surface area contributed by atoms with Gasteiger partial charge in [0.2, 0.25) is 0 Å². The largest absolute Gasteiger partial charge is 0.484 e. The molecule has 0 aliphatic rings. The van der Waals surface area contributed by atoms with Crippen molar-refractivity contribution >= 4 is 17.8 Å². The molecule has 0 saturated heterocycles. The maximum absolute atomic E-state index is 13.6. The number of hydrogen-bond donors (Lipinski definition) is 2. The molecule has 0 aliphatic carbocycles. The molecule has 0 saturated carbocycles. The van der Waals surface area contributed by atoms with Gasteiger partial charge in [-0.1, -0.05) is 12.1 Å². The molecule has 1 aromatic heterocycles. The number of aromatic nitrogens is 2. The molecule has 0 bridgehead atoms. The summed E-state index contributed by atoms with van der Waals surface area (Å²) in [4.78, 5) is 36.1. The molecule has 0 spiro atoms. The summed E-state index contributed by atoms with van der Waals surface area (Å²) in [6.07, 6.45) is -4.12. The van der Waals surface area contributed by atoms with Crippen molar-refractivity contribution in [2.45, 2.75) is 20.0 Å². The number of amides is 2. The lowest BCUT2D eigenvalue weighted by molar-refractivity contribution is -0.143. The highest BCUT2D eigenvalue weighted by Gasteiger charge is 2.41. The quantitative estimate of drug-likeness (QED) is 0.389. The van der Waals surface area contributed by atoms with E-state index in [1.165, 1.54) is 31.2 Å². The number of halogens is 3. The van der Waals surface area contributed by atoms with Gasteiger partial charge in [-0.15, -0.1) is 0 Å². The van der Waals surface area contributed by atoms with Crippen LogP contribution in [0, 0.1) is 6.92 Å². The second-order valence-electron chi connectivity index (χ2n) is 7.19. The van der Waals surface area contributed by atoms with Gasteiger partial charge in [-0.2, -0.15) is 18.3 Å². The van der Waals surface area contributed by atoms with E-state index in [9.17, 15) is 27.6 Å². The standard InChI is InChI=1S/C23H21F3N4O5/c1-3-34-22(33)18-12-27-30(20(18)23(24,25)26)16-9-7-15(8-10-16)21(32)29-28-19(31)13-35-17-6-4-5-14(2)11-17/h4-12H,3,13H2,1-2H3,(H,28,31)(H,29,32). The Bertz CT molecular complexity index is 1220. The average molecular weight is 490 g/mol. The molecule has 9 nitrogen and oxygen atoms in total. The molecule has 2 amide bonds. The second-order valence-corrected chi connectivity index (χ2v) is 7.19. The lowest BCUT2D eigenvalue weighted by Gasteiger charge is -2.13. The molecule has 0 atom stereocenters. The summed E-state index contributed by atoms with van der Waals surface area (Å²) in [6.45, 7) is 2.90. The molecule has 3 rings (SSSR count). The third kappa shape index (κ3) is 6.37. The molecule has 2 aromatic carbocycles. The van der Waals surface area contributed by atoms with Crippen LogP contribution in [0.15, 0.2) is 54.7 Å². The van der Waals surface area contributed by atoms with E-state index in [-0.39, 0.29) is 24.5 Å². The minimum Gasteiger partial charge on any atom is -0.484 e. The summed E-state index contributed by atoms with van der Waals surface area (Å²) in [5, 5.41) is 3.67. The number of benzene rings is 2. The van der Waals surface area contributed by atoms with Gasteiger partial charge in [0.25, 0.3) is 11.8 Å². The molecule has 12 heteroatoms. The van der Waals surface area contributed by atoms with Crippen LogP contribution in [0.25, 0.3) is 5.69 Å². The van der Waals surface area contributed by atoms with E-state index in [2.05, 4.69) is 20.7 Å². The first-order chi connectivity index (χ1) is 16.6. The van der Waals surface area contributed by atoms with Crippen LogP contribution in [0.5, 0.6) is 5.75 Å². The Morgan fingerprint density at radius 2 is 1.77 bits per heavy atom. The minimum atomic E-state index is -4.89. The Morgan fingerprint density at radius 3 is 2.40 bits per heavy atom. The van der Waals surface area contributed by atoms with Crippen molar-refractivity contribution in [1.82, 2.24) is 20.6 Å². The van der Waals surface area contributed by atoms with Crippen molar-refractivity contribution < 1.29 is 37.0 Å². The summed E-state index contributed by atoms with van der Waals surface area (Å²) < 4.78 is 51.4. The van der Waals surface area contributed by atoms with Gasteiger partial charge in [0, 0.05) is 5.56 Å². The lowest BCUT2D eigenvalue weighted by atomic mass is 10.2. The zero-order chi connectivity index (χ0) is 25.6. The smallest absolute Gasteiger partial charge is 0.434 e. The van der Waals surface area contributed by atoms with Crippen LogP contribution < -0.4 is 15.6 Å². The number of hydrogen-bond acceptors (Lipinski definition) is 6. The van der Waals surface area contributed by atoms with Crippen LogP contribution in [0.1, 0.15) is 38.9 Å². The third-order valence-corrected chi connectivity index (χ3v) is 4.58. The Labute approximate surface area is 197 Å². The highest BCUT2D eigenvalue weighted by atomic mass is 19.4. The maximum atomic E-state index is 13.6. The molecule has 184 valence electrons. The summed E-state index contributed by atoms with van der Waals surface area (Å²) in [6, 6.07) is 12.0. The molecular weight excluding hydrogens is 469 g/mol. The van der Waals surface area contributed by atoms with Gasteiger partial charge in [0.1, 0.15) is 11.3 Å². The number of carbonyl (C=O) groups is 3. The van der Waals surface area contributed by atoms with E-state index in [0.29, 0.717) is 10.4 Å². The van der Waals surface area contributed by atoms with Crippen molar-refractivity contribution in [2.24, 2.45) is 0 Å². The first-order valence-corrected chi connectivity index (χ1v) is 10.3. The van der Waals surface area contributed by atoms with Crippen LogP contribution in [0.2, 0.25) is 0 Å². The van der Waals surface area contributed by atoms with Gasteiger partial charge < -0.3 is 9.47 Å². The fourth-order valence-corrected chi connectivity index (χ4v) is 3.02. The Hall–Kier alpha value is -4.35. The zero-order valence-electron chi connectivity index (χ0n) is 18.7. The Morgan fingerprint density at radius 1 is 1.06 bits per heavy atom. The van der Waals surface area contributed by atoms with Crippen LogP contribution in [-0.4, -0.2) is 40.8 Å². The molecule has 0 aliphatic heterocycles. The van der Waals surface area contributed by atoms with Gasteiger partial charge in [-0.3, -0.25) is 20.4 Å². The SMILES string of the molecule is CCOC(=O)c1cnn(-c2ccc(C(=O)NNC(=O)COc3cccc(C)c3)cc2)c1C(F)(F)F. The van der Waals surface area contributed by atoms with E-state index in [1.54, 1.807) is 18.2 Å². The molecule has 35 heavy (non-hydrogen) atoms. The summed E-state index contributed by atoms with van der Waals surface area (Å²) in [5.41, 5.74) is 3.32. The summed E-state index contributed by atoms with van der Waals surface area (Å²) >= 11 is 0. The third-order valence-electron chi connectivity index (χ3n) is 4.58. The van der Waals surface area contributed by atoms with Crippen LogP contribution >= 0.6 is 0 Å². The van der Waals surface area contributed by atoms with Crippen LogP contribution in [0.4, 0.5) is 13.2 Å². The van der Waals surface area contributed by atoms with E-state index in [1.807, 2.05) is 13.0 Å². The van der Waals surface area contributed by atoms with E-state index in [4.69, 9.17) is 4.74 Å². The van der Waals surface area contributed by atoms with E-state index in [0.717, 1.165) is 11.8 Å². The minimum absolute atomic E-state index is 0.0417. The van der Waals surface area contributed by atoms with Crippen molar-refractivity contribution in [3.63, 3.8) is 0 Å². The number of carbonyl (C=O) groups excluding carboxylic acids is 3. The topological polar surface area (TPSA) is 112 Å². The predicted molar refractivity (Wildman–Crippen MR) is 117 cm³/mol. The number of rotatable bonds is 7. The van der Waals surface area contributed by atoms with Crippen LogP contribution in [-0.2, 0) is 15.7 Å². The van der Waals surface area contributed by atoms with Crippen molar-refractivity contribution in [3.05, 3.63) is 77.1 Å². The highest BCUT2D eigenvalue weighted by Crippen LogP contribution is 2.34. The fraction of sp³-hybridized carbons (Fsp3) is 0.217. The van der Waals surface area contributed by atoms with Crippen LogP contribution in [0.3, 0.4) is 0 Å². The second kappa shape index (κ2) is 10.7. The Balaban J connectivity index is 1.65. The van der Waals surface area contributed by atoms with Crippen molar-refractivity contribution in [3.8, 4) is 11.4 Å². The number of hydrazine groups is 1. The Kier molecular flexibility index (Phi) is 7.74. The van der Waals surface area contributed by atoms with Gasteiger partial charge in [-0.05, 0) is 55.8 Å². The maximum Gasteiger partial charge on any atom is 0.434 e. The van der Waals surface area contributed by atoms with Gasteiger partial charge in [0.15, 0.2) is 12.3 Å². The molecular formula is C23H21F3N4O5. The molecule has 0 fully saturated rings. The van der Waals surface area contributed by atoms with Gasteiger partial charge in [-0.25, -0.2) is 9.48 Å². The number of alkyl halides is 3. The van der Waals surface area contributed by atoms with E-state index >= 15 is 0 Å². The van der Waals surface area contributed by atoms with E-state index < -0.39 is 35.2 Å². The number of ether oxygens (including phenoxy) is 2. The number of nitrogens with zero attached hydrogens (tertiary/aromatic N) is 2. The van der Waals surface area contributed by atoms with Gasteiger partial charge >= 0.3 is 12.1 Å². The lowest BCUT2D eigenvalue weighted by Crippen LogP contribution is -2.43. The molecule has 2 N–H and O–H groups in total. The first kappa shape index (κ1) is 25.3. The van der Waals surface area contributed by atoms with Crippen molar-refractivity contribution in [1.29, 1.82) is 0 Å². The average Bonchev–Trinajstić information content (AvgIpc) is 3.28. The fourth-order valence-electron chi connectivity index (χ4n) is 3.02. The summed E-state index contributed by atoms with van der Waals surface area (Å²) in [7, 11) is 0. The predicted octanol–water partition coefficient (Wildman–Crippen LogP) is 3.22. The first-order valence-electron chi connectivity index (χ1n) is 10.3. The number of esters is 1. The highest BCUT2D eigenvalue weighted by molar-refractivity contribution is 5.95. The molecule has 0 unspecified atom stereocenters. The number of aryl methyl sites for hydroxylation is 1. The normalized spacial score (nSPS) is 11.0. The zero-order valence-corrected chi connectivity index (χ0v) is 18.7.